The first-order valence-electron chi connectivity index (χ1n) is 8.01. The minimum absolute atomic E-state index is 0.0404. The lowest BCUT2D eigenvalue weighted by Crippen LogP contribution is -2.30. The molecule has 0 bridgehead atoms. The molecule has 0 aliphatic carbocycles. The zero-order valence-corrected chi connectivity index (χ0v) is 15.2. The van der Waals surface area contributed by atoms with Crippen LogP contribution in [0.3, 0.4) is 0 Å². The van der Waals surface area contributed by atoms with Crippen LogP contribution in [0.15, 0.2) is 76.5 Å². The van der Waals surface area contributed by atoms with E-state index in [0.717, 1.165) is 16.4 Å². The van der Waals surface area contributed by atoms with Gasteiger partial charge in [0.2, 0.25) is 10.0 Å². The second kappa shape index (κ2) is 8.03. The number of nitrogens with zero attached hydrogens (tertiary/aromatic N) is 2. The molecule has 1 aromatic carbocycles. The van der Waals surface area contributed by atoms with Crippen molar-refractivity contribution in [2.24, 2.45) is 0 Å². The minimum atomic E-state index is -4.92. The number of ether oxygens (including phenoxy) is 1. The number of furan rings is 1. The van der Waals surface area contributed by atoms with Gasteiger partial charge in [-0.3, -0.25) is 4.98 Å². The number of hydrogen-bond donors (Lipinski definition) is 0. The van der Waals surface area contributed by atoms with Gasteiger partial charge in [0.15, 0.2) is 0 Å². The van der Waals surface area contributed by atoms with E-state index in [1.54, 1.807) is 30.5 Å². The minimum Gasteiger partial charge on any atom is -0.468 e. The molecule has 6 nitrogen and oxygen atoms in total. The Labute approximate surface area is 159 Å². The van der Waals surface area contributed by atoms with E-state index in [4.69, 9.17) is 4.42 Å². The molecule has 0 unspecified atom stereocenters. The number of benzene rings is 1. The summed E-state index contributed by atoms with van der Waals surface area (Å²) in [5.74, 6) is -0.233. The number of sulfonamides is 1. The fourth-order valence-corrected chi connectivity index (χ4v) is 3.91. The van der Waals surface area contributed by atoms with Gasteiger partial charge in [-0.25, -0.2) is 8.42 Å². The fraction of sp³-hybridized carbons (Fsp3) is 0.167. The lowest BCUT2D eigenvalue weighted by molar-refractivity contribution is -0.274. The molecule has 0 saturated heterocycles. The Balaban J connectivity index is 1.94. The van der Waals surface area contributed by atoms with Crippen LogP contribution < -0.4 is 4.74 Å². The molecule has 0 aliphatic rings. The molecule has 2 aromatic heterocycles. The number of rotatable bonds is 7. The van der Waals surface area contributed by atoms with Gasteiger partial charge in [0.25, 0.3) is 0 Å². The summed E-state index contributed by atoms with van der Waals surface area (Å²) in [5, 5.41) is 0. The normalized spacial score (nSPS) is 12.3. The van der Waals surface area contributed by atoms with Crippen LogP contribution in [0.1, 0.15) is 11.3 Å². The molecule has 10 heteroatoms. The molecule has 0 spiro atoms. The van der Waals surface area contributed by atoms with E-state index in [2.05, 4.69) is 9.72 Å². The van der Waals surface area contributed by atoms with Crippen molar-refractivity contribution in [1.29, 1.82) is 0 Å². The van der Waals surface area contributed by atoms with Gasteiger partial charge < -0.3 is 9.15 Å². The Kier molecular flexibility index (Phi) is 5.71. The quantitative estimate of drug-likeness (QED) is 0.587. The summed E-state index contributed by atoms with van der Waals surface area (Å²) >= 11 is 0. The van der Waals surface area contributed by atoms with E-state index in [9.17, 15) is 21.6 Å². The van der Waals surface area contributed by atoms with Gasteiger partial charge in [-0.1, -0.05) is 12.1 Å². The van der Waals surface area contributed by atoms with Gasteiger partial charge >= 0.3 is 6.36 Å². The van der Waals surface area contributed by atoms with Crippen LogP contribution in [-0.4, -0.2) is 24.1 Å². The second-order valence-electron chi connectivity index (χ2n) is 5.74. The predicted octanol–water partition coefficient (Wildman–Crippen LogP) is 3.96. The molecule has 0 radical (unpaired) electrons. The lowest BCUT2D eigenvalue weighted by Gasteiger charge is -2.21. The average molecular weight is 412 g/mol. The maximum atomic E-state index is 13.1. The third kappa shape index (κ3) is 5.11. The predicted molar refractivity (Wildman–Crippen MR) is 92.5 cm³/mol. The molecule has 3 rings (SSSR count). The van der Waals surface area contributed by atoms with E-state index in [1.807, 2.05) is 0 Å². The third-order valence-electron chi connectivity index (χ3n) is 3.67. The molecule has 28 heavy (non-hydrogen) atoms. The molecule has 0 aliphatic heterocycles. The molecular formula is C18H15F3N2O4S. The Morgan fingerprint density at radius 3 is 2.54 bits per heavy atom. The number of alkyl halides is 3. The fourth-order valence-electron chi connectivity index (χ4n) is 2.48. The molecular weight excluding hydrogens is 397 g/mol. The van der Waals surface area contributed by atoms with Crippen molar-refractivity contribution in [2.75, 3.05) is 0 Å². The molecule has 0 saturated carbocycles. The van der Waals surface area contributed by atoms with Crippen molar-refractivity contribution < 1.29 is 30.7 Å². The maximum Gasteiger partial charge on any atom is 0.573 e. The summed E-state index contributed by atoms with van der Waals surface area (Å²) in [7, 11) is -4.16. The van der Waals surface area contributed by atoms with Crippen LogP contribution in [0.5, 0.6) is 5.75 Å². The summed E-state index contributed by atoms with van der Waals surface area (Å²) in [5.41, 5.74) is 0.611. The molecule has 0 N–H and O–H groups in total. The third-order valence-corrected chi connectivity index (χ3v) is 5.46. The van der Waals surface area contributed by atoms with Crippen molar-refractivity contribution in [3.05, 3.63) is 78.5 Å². The van der Waals surface area contributed by atoms with Crippen molar-refractivity contribution in [2.45, 2.75) is 24.3 Å². The Morgan fingerprint density at radius 2 is 1.89 bits per heavy atom. The van der Waals surface area contributed by atoms with Crippen molar-refractivity contribution >= 4 is 10.0 Å². The van der Waals surface area contributed by atoms with E-state index >= 15 is 0 Å². The SMILES string of the molecule is O=S(=O)(c1cccc(OC(F)(F)F)c1)N(Cc1cccnc1)Cc1ccco1. The summed E-state index contributed by atoms with van der Waals surface area (Å²) in [6.07, 6.45) is -0.464. The van der Waals surface area contributed by atoms with Gasteiger partial charge in [0.05, 0.1) is 17.7 Å². The lowest BCUT2D eigenvalue weighted by atomic mass is 10.3. The van der Waals surface area contributed by atoms with Crippen LogP contribution in [0.4, 0.5) is 13.2 Å². The average Bonchev–Trinajstić information content (AvgIpc) is 3.14. The molecule has 148 valence electrons. The number of aromatic nitrogens is 1. The number of halogens is 3. The van der Waals surface area contributed by atoms with Crippen LogP contribution >= 0.6 is 0 Å². The first-order valence-corrected chi connectivity index (χ1v) is 9.45. The zero-order valence-electron chi connectivity index (χ0n) is 14.3. The van der Waals surface area contributed by atoms with Gasteiger partial charge in [-0.2, -0.15) is 4.31 Å². The monoisotopic (exact) mass is 412 g/mol. The van der Waals surface area contributed by atoms with Crippen molar-refractivity contribution in [3.8, 4) is 5.75 Å². The molecule has 0 atom stereocenters. The highest BCUT2D eigenvalue weighted by atomic mass is 32.2. The topological polar surface area (TPSA) is 72.6 Å². The van der Waals surface area contributed by atoms with E-state index < -0.39 is 22.1 Å². The van der Waals surface area contributed by atoms with Gasteiger partial charge in [-0.05, 0) is 35.9 Å². The largest absolute Gasteiger partial charge is 0.573 e. The molecule has 2 heterocycles. The summed E-state index contributed by atoms with van der Waals surface area (Å²) in [6, 6.07) is 10.8. The summed E-state index contributed by atoms with van der Waals surface area (Å²) in [6.45, 7) is -0.143. The first-order chi connectivity index (χ1) is 13.2. The van der Waals surface area contributed by atoms with Crippen LogP contribution in [0.25, 0.3) is 0 Å². The van der Waals surface area contributed by atoms with E-state index in [0.29, 0.717) is 11.3 Å². The van der Waals surface area contributed by atoms with Gasteiger partial charge in [-0.15, -0.1) is 13.2 Å². The van der Waals surface area contributed by atoms with Crippen LogP contribution in [-0.2, 0) is 23.1 Å². The van der Waals surface area contributed by atoms with Gasteiger partial charge in [0, 0.05) is 25.0 Å². The van der Waals surface area contributed by atoms with Gasteiger partial charge in [0.1, 0.15) is 11.5 Å². The number of pyridine rings is 1. The van der Waals surface area contributed by atoms with Crippen molar-refractivity contribution in [3.63, 3.8) is 0 Å². The molecule has 0 amide bonds. The Bertz CT molecular complexity index is 1010. The Hall–Kier alpha value is -2.85. The smallest absolute Gasteiger partial charge is 0.468 e. The molecule has 0 fully saturated rings. The standard InChI is InChI=1S/C18H15F3N2O4S/c19-18(20,21)27-15-5-1-7-17(10-15)28(24,25)23(13-16-6-3-9-26-16)12-14-4-2-8-22-11-14/h1-11H,12-13H2. The van der Waals surface area contributed by atoms with Crippen LogP contribution in [0.2, 0.25) is 0 Å². The second-order valence-corrected chi connectivity index (χ2v) is 7.67. The highest BCUT2D eigenvalue weighted by Crippen LogP contribution is 2.27. The number of hydrogen-bond acceptors (Lipinski definition) is 5. The van der Waals surface area contributed by atoms with Crippen LogP contribution in [0, 0.1) is 0 Å². The van der Waals surface area contributed by atoms with Crippen molar-refractivity contribution in [1.82, 2.24) is 9.29 Å². The zero-order chi connectivity index (χ0) is 20.2. The van der Waals surface area contributed by atoms with E-state index in [1.165, 1.54) is 24.6 Å². The van der Waals surface area contributed by atoms with E-state index in [-0.39, 0.29) is 18.0 Å². The summed E-state index contributed by atoms with van der Waals surface area (Å²) in [4.78, 5) is 3.63. The summed E-state index contributed by atoms with van der Waals surface area (Å²) < 4.78 is 73.8. The first kappa shape index (κ1) is 19.9. The molecule has 3 aromatic rings. The highest BCUT2D eigenvalue weighted by Gasteiger charge is 2.32. The Morgan fingerprint density at radius 1 is 1.07 bits per heavy atom. The highest BCUT2D eigenvalue weighted by molar-refractivity contribution is 7.89. The maximum absolute atomic E-state index is 13.1.